The summed E-state index contributed by atoms with van der Waals surface area (Å²) in [6.45, 7) is 8.62. The maximum Gasteiger partial charge on any atom is 0.143 e. The van der Waals surface area contributed by atoms with E-state index in [2.05, 4.69) is 60.0 Å². The summed E-state index contributed by atoms with van der Waals surface area (Å²) in [5.74, 6) is 1.63. The molecule has 0 spiro atoms. The molecule has 0 unspecified atom stereocenters. The van der Waals surface area contributed by atoms with E-state index in [1.807, 2.05) is 42.0 Å². The molecule has 0 bridgehead atoms. The van der Waals surface area contributed by atoms with E-state index in [9.17, 15) is 0 Å². The van der Waals surface area contributed by atoms with Crippen molar-refractivity contribution in [2.24, 2.45) is 0 Å². The van der Waals surface area contributed by atoms with Gasteiger partial charge in [-0.15, -0.1) is 0 Å². The maximum atomic E-state index is 5.59. The van der Waals surface area contributed by atoms with Crippen LogP contribution in [0, 0.1) is 6.92 Å². The molecule has 5 heteroatoms. The van der Waals surface area contributed by atoms with Crippen molar-refractivity contribution in [2.45, 2.75) is 33.1 Å². The number of hydrogen-bond donors (Lipinski definition) is 1. The number of aromatic amines is 1. The van der Waals surface area contributed by atoms with Gasteiger partial charge in [0.25, 0.3) is 0 Å². The summed E-state index contributed by atoms with van der Waals surface area (Å²) in [7, 11) is 1.68. The second kappa shape index (κ2) is 7.24. The monoisotopic (exact) mass is 386 g/mol. The van der Waals surface area contributed by atoms with Gasteiger partial charge in [-0.1, -0.05) is 39.0 Å². The van der Waals surface area contributed by atoms with E-state index < -0.39 is 0 Å². The fraction of sp³-hybridized carbons (Fsp3) is 0.250. The molecule has 0 saturated heterocycles. The van der Waals surface area contributed by atoms with Gasteiger partial charge < -0.3 is 14.3 Å². The number of fused-ring (bicyclic) bond motifs is 1. The van der Waals surface area contributed by atoms with Gasteiger partial charge in [-0.3, -0.25) is 0 Å². The van der Waals surface area contributed by atoms with Crippen molar-refractivity contribution in [3.05, 3.63) is 71.6 Å². The third-order valence-electron chi connectivity index (χ3n) is 4.99. The Morgan fingerprint density at radius 3 is 2.59 bits per heavy atom. The molecule has 0 aliphatic rings. The van der Waals surface area contributed by atoms with Crippen molar-refractivity contribution in [1.29, 1.82) is 0 Å². The summed E-state index contributed by atoms with van der Waals surface area (Å²) < 4.78 is 7.55. The van der Waals surface area contributed by atoms with Crippen LogP contribution >= 0.6 is 0 Å². The minimum atomic E-state index is 0.112. The van der Waals surface area contributed by atoms with E-state index in [0.717, 1.165) is 39.6 Å². The summed E-state index contributed by atoms with van der Waals surface area (Å²) in [5.41, 5.74) is 6.40. The lowest BCUT2D eigenvalue weighted by atomic mass is 9.87. The first-order chi connectivity index (χ1) is 13.8. The van der Waals surface area contributed by atoms with Crippen LogP contribution in [0.15, 0.2) is 48.9 Å². The highest BCUT2D eigenvalue weighted by Crippen LogP contribution is 2.27. The van der Waals surface area contributed by atoms with E-state index >= 15 is 0 Å². The number of imidazole rings is 2. The van der Waals surface area contributed by atoms with Gasteiger partial charge in [-0.2, -0.15) is 0 Å². The quantitative estimate of drug-likeness (QED) is 0.501. The van der Waals surface area contributed by atoms with Crippen LogP contribution in [0.25, 0.3) is 28.9 Å². The molecule has 0 aliphatic heterocycles. The zero-order valence-electron chi connectivity index (χ0n) is 17.5. The summed E-state index contributed by atoms with van der Waals surface area (Å²) >= 11 is 0. The van der Waals surface area contributed by atoms with Crippen LogP contribution in [-0.4, -0.2) is 26.6 Å². The molecule has 0 radical (unpaired) electrons. The summed E-state index contributed by atoms with van der Waals surface area (Å²) in [6, 6.07) is 12.5. The van der Waals surface area contributed by atoms with Crippen LogP contribution in [0.3, 0.4) is 0 Å². The Bertz CT molecular complexity index is 1190. The highest BCUT2D eigenvalue weighted by molar-refractivity contribution is 5.80. The average molecular weight is 386 g/mol. The highest BCUT2D eigenvalue weighted by Gasteiger charge is 2.14. The van der Waals surface area contributed by atoms with Gasteiger partial charge in [0.1, 0.15) is 11.6 Å². The second-order valence-corrected chi connectivity index (χ2v) is 8.29. The number of nitrogens with one attached hydrogen (secondary N) is 1. The normalized spacial score (nSPS) is 12.2. The van der Waals surface area contributed by atoms with Crippen LogP contribution in [0.4, 0.5) is 0 Å². The molecule has 2 aromatic carbocycles. The van der Waals surface area contributed by atoms with Crippen molar-refractivity contribution in [3.8, 4) is 11.4 Å². The van der Waals surface area contributed by atoms with E-state index in [1.54, 1.807) is 13.4 Å². The number of rotatable bonds is 4. The van der Waals surface area contributed by atoms with Gasteiger partial charge in [0.15, 0.2) is 0 Å². The lowest BCUT2D eigenvalue weighted by Gasteiger charge is -2.18. The van der Waals surface area contributed by atoms with Crippen LogP contribution in [-0.2, 0) is 5.41 Å². The average Bonchev–Trinajstić information content (AvgIpc) is 3.30. The van der Waals surface area contributed by atoms with Gasteiger partial charge >= 0.3 is 0 Å². The molecule has 2 heterocycles. The number of aryl methyl sites for hydroxylation is 1. The molecular weight excluding hydrogens is 360 g/mol. The minimum absolute atomic E-state index is 0.112. The zero-order chi connectivity index (χ0) is 20.6. The number of benzene rings is 2. The Balaban J connectivity index is 1.61. The van der Waals surface area contributed by atoms with Crippen molar-refractivity contribution in [1.82, 2.24) is 19.5 Å². The number of hydrogen-bond acceptors (Lipinski definition) is 3. The second-order valence-electron chi connectivity index (χ2n) is 8.29. The Morgan fingerprint density at radius 1 is 1.07 bits per heavy atom. The maximum absolute atomic E-state index is 5.59. The first kappa shape index (κ1) is 19.0. The number of H-pyrrole nitrogens is 1. The van der Waals surface area contributed by atoms with Crippen LogP contribution in [0.5, 0.6) is 5.75 Å². The molecule has 5 nitrogen and oxygen atoms in total. The van der Waals surface area contributed by atoms with Gasteiger partial charge in [0.2, 0.25) is 0 Å². The molecule has 0 fully saturated rings. The number of ether oxygens (including phenoxy) is 1. The summed E-state index contributed by atoms with van der Waals surface area (Å²) in [4.78, 5) is 12.4. The molecule has 4 rings (SSSR count). The van der Waals surface area contributed by atoms with Gasteiger partial charge in [-0.05, 0) is 53.8 Å². The van der Waals surface area contributed by atoms with Gasteiger partial charge in [-0.25, -0.2) is 9.97 Å². The number of aromatic nitrogens is 4. The Hall–Kier alpha value is -3.34. The summed E-state index contributed by atoms with van der Waals surface area (Å²) in [6.07, 6.45) is 7.80. The molecule has 1 N–H and O–H groups in total. The van der Waals surface area contributed by atoms with Crippen molar-refractivity contribution < 1.29 is 4.74 Å². The third kappa shape index (κ3) is 3.94. The fourth-order valence-electron chi connectivity index (χ4n) is 3.31. The molecule has 29 heavy (non-hydrogen) atoms. The van der Waals surface area contributed by atoms with E-state index in [0.29, 0.717) is 0 Å². The first-order valence-corrected chi connectivity index (χ1v) is 9.71. The highest BCUT2D eigenvalue weighted by atomic mass is 16.5. The van der Waals surface area contributed by atoms with Gasteiger partial charge in [0.05, 0.1) is 35.9 Å². The van der Waals surface area contributed by atoms with Crippen molar-refractivity contribution >= 4 is 23.2 Å². The molecule has 0 atom stereocenters. The summed E-state index contributed by atoms with van der Waals surface area (Å²) in [5, 5.41) is 0. The lowest BCUT2D eigenvalue weighted by molar-refractivity contribution is 0.413. The molecule has 0 saturated carbocycles. The third-order valence-corrected chi connectivity index (χ3v) is 4.99. The smallest absolute Gasteiger partial charge is 0.143 e. The number of nitrogens with zero attached hydrogens (tertiary/aromatic N) is 3. The zero-order valence-corrected chi connectivity index (χ0v) is 17.5. The minimum Gasteiger partial charge on any atom is -0.495 e. The van der Waals surface area contributed by atoms with Crippen molar-refractivity contribution in [2.75, 3.05) is 7.11 Å². The molecule has 4 aromatic rings. The fourth-order valence-corrected chi connectivity index (χ4v) is 3.31. The molecule has 2 aromatic heterocycles. The molecular formula is C24H26N4O. The van der Waals surface area contributed by atoms with Crippen LogP contribution < -0.4 is 4.74 Å². The Kier molecular flexibility index (Phi) is 4.74. The molecule has 0 aliphatic carbocycles. The predicted molar refractivity (Wildman–Crippen MR) is 119 cm³/mol. The van der Waals surface area contributed by atoms with Crippen LogP contribution in [0.1, 0.15) is 43.4 Å². The Morgan fingerprint density at radius 2 is 1.90 bits per heavy atom. The Labute approximate surface area is 171 Å². The lowest BCUT2D eigenvalue weighted by Crippen LogP contribution is -2.10. The largest absolute Gasteiger partial charge is 0.495 e. The molecule has 148 valence electrons. The first-order valence-electron chi connectivity index (χ1n) is 9.71. The molecule has 0 amide bonds. The standard InChI is InChI=1S/C24H26N4O/c1-16-14-28(15-25-16)21-10-6-17(12-22(21)29-5)7-11-23-26-19-9-8-18(24(2,3)4)13-20(19)27-23/h6-15H,1-5H3,(H,26,27)/b11-7+. The van der Waals surface area contributed by atoms with E-state index in [-0.39, 0.29) is 5.41 Å². The van der Waals surface area contributed by atoms with Crippen molar-refractivity contribution in [3.63, 3.8) is 0 Å². The topological polar surface area (TPSA) is 55.7 Å². The van der Waals surface area contributed by atoms with E-state index in [1.165, 1.54) is 5.56 Å². The van der Waals surface area contributed by atoms with Gasteiger partial charge in [0, 0.05) is 6.20 Å². The number of methoxy groups -OCH3 is 1. The van der Waals surface area contributed by atoms with E-state index in [4.69, 9.17) is 4.74 Å². The SMILES string of the molecule is COc1cc(/C=C/c2nc3ccc(C(C)(C)C)cc3[nH]2)ccc1-n1cnc(C)c1. The predicted octanol–water partition coefficient (Wildman–Crippen LogP) is 5.53. The van der Waals surface area contributed by atoms with Crippen LogP contribution in [0.2, 0.25) is 0 Å².